The predicted octanol–water partition coefficient (Wildman–Crippen LogP) is 7.13. The maximum Gasteiger partial charge on any atom is 0.409 e. The summed E-state index contributed by atoms with van der Waals surface area (Å²) in [5.74, 6) is 0.296. The second-order valence-corrected chi connectivity index (χ2v) is 6.69. The summed E-state index contributed by atoms with van der Waals surface area (Å²) in [6.45, 7) is 2.18. The van der Waals surface area contributed by atoms with Gasteiger partial charge < -0.3 is 0 Å². The molecule has 0 aliphatic heterocycles. The van der Waals surface area contributed by atoms with Crippen molar-refractivity contribution in [2.75, 3.05) is 0 Å². The van der Waals surface area contributed by atoms with Gasteiger partial charge in [-0.25, -0.2) is 4.39 Å². The molecule has 0 N–H and O–H groups in total. The molecule has 0 nitrogen and oxygen atoms in total. The van der Waals surface area contributed by atoms with Crippen molar-refractivity contribution in [2.45, 2.75) is 57.5 Å². The summed E-state index contributed by atoms with van der Waals surface area (Å²) in [5, 5.41) is 0.0381. The molecular weight excluding hydrogens is 328 g/mol. The van der Waals surface area contributed by atoms with E-state index in [2.05, 4.69) is 6.92 Å². The van der Waals surface area contributed by atoms with E-state index in [-0.39, 0.29) is 22.6 Å². The Labute approximate surface area is 139 Å². The van der Waals surface area contributed by atoms with E-state index in [4.69, 9.17) is 11.6 Å². The molecule has 1 fully saturated rings. The van der Waals surface area contributed by atoms with Gasteiger partial charge in [0.1, 0.15) is 5.82 Å². The van der Waals surface area contributed by atoms with Gasteiger partial charge in [0, 0.05) is 11.6 Å². The van der Waals surface area contributed by atoms with Crippen molar-refractivity contribution in [3.8, 4) is 0 Å². The lowest BCUT2D eigenvalue weighted by Crippen LogP contribution is -2.13. The molecule has 1 aromatic carbocycles. The van der Waals surface area contributed by atoms with Gasteiger partial charge in [-0.1, -0.05) is 31.4 Å². The Morgan fingerprint density at radius 2 is 1.83 bits per heavy atom. The fourth-order valence-electron chi connectivity index (χ4n) is 3.37. The maximum absolute atomic E-state index is 14.1. The zero-order valence-electron chi connectivity index (χ0n) is 13.1. The van der Waals surface area contributed by atoms with Crippen molar-refractivity contribution in [3.05, 3.63) is 40.2 Å². The van der Waals surface area contributed by atoms with Gasteiger partial charge in [0.25, 0.3) is 0 Å². The zero-order valence-corrected chi connectivity index (χ0v) is 13.9. The minimum absolute atomic E-state index is 0.00687. The molecule has 2 rings (SSSR count). The van der Waals surface area contributed by atoms with E-state index in [1.54, 1.807) is 6.07 Å². The number of rotatable bonds is 4. The Balaban J connectivity index is 2.13. The summed E-state index contributed by atoms with van der Waals surface area (Å²) in [6.07, 6.45) is 2.83. The van der Waals surface area contributed by atoms with E-state index in [1.165, 1.54) is 18.9 Å². The number of hydrogen-bond donors (Lipinski definition) is 0. The number of benzene rings is 1. The van der Waals surface area contributed by atoms with E-state index in [0.29, 0.717) is 6.08 Å². The SMILES string of the molecule is CCCC1CCC(c2cc(F)c(C=CC(F)(F)F)c(Cl)c2)CC1. The van der Waals surface area contributed by atoms with Crippen LogP contribution in [0.4, 0.5) is 17.6 Å². The van der Waals surface area contributed by atoms with E-state index >= 15 is 0 Å². The molecular formula is C18H21ClF4. The van der Waals surface area contributed by atoms with E-state index in [1.807, 2.05) is 0 Å². The fraction of sp³-hybridized carbons (Fsp3) is 0.556. The predicted molar refractivity (Wildman–Crippen MR) is 86.1 cm³/mol. The van der Waals surface area contributed by atoms with Gasteiger partial charge in [-0.3, -0.25) is 0 Å². The summed E-state index contributed by atoms with van der Waals surface area (Å²) in [4.78, 5) is 0. The molecule has 0 unspecified atom stereocenters. The first kappa shape index (κ1) is 18.3. The summed E-state index contributed by atoms with van der Waals surface area (Å²) >= 11 is 6.00. The van der Waals surface area contributed by atoms with Crippen molar-refractivity contribution >= 4 is 17.7 Å². The van der Waals surface area contributed by atoms with Gasteiger partial charge in [0.2, 0.25) is 0 Å². The second-order valence-electron chi connectivity index (χ2n) is 6.28. The second kappa shape index (κ2) is 7.69. The number of alkyl halides is 3. The molecule has 128 valence electrons. The van der Waals surface area contributed by atoms with Crippen LogP contribution in [-0.4, -0.2) is 6.18 Å². The highest BCUT2D eigenvalue weighted by Gasteiger charge is 2.25. The Morgan fingerprint density at radius 3 is 2.35 bits per heavy atom. The minimum Gasteiger partial charge on any atom is -0.206 e. The average molecular weight is 349 g/mol. The maximum atomic E-state index is 14.1. The molecule has 0 spiro atoms. The molecule has 0 saturated heterocycles. The van der Waals surface area contributed by atoms with E-state index in [0.717, 1.165) is 37.2 Å². The van der Waals surface area contributed by atoms with Crippen molar-refractivity contribution in [3.63, 3.8) is 0 Å². The van der Waals surface area contributed by atoms with Gasteiger partial charge >= 0.3 is 6.18 Å². The molecule has 1 saturated carbocycles. The summed E-state index contributed by atoms with van der Waals surface area (Å²) in [6, 6.07) is 2.96. The Hall–Kier alpha value is -1.03. The third-order valence-electron chi connectivity index (χ3n) is 4.56. The first-order valence-corrected chi connectivity index (χ1v) is 8.43. The molecule has 5 heteroatoms. The van der Waals surface area contributed by atoms with Crippen LogP contribution in [0.25, 0.3) is 6.08 Å². The smallest absolute Gasteiger partial charge is 0.206 e. The van der Waals surface area contributed by atoms with Crippen molar-refractivity contribution < 1.29 is 17.6 Å². The summed E-state index contributed by atoms with van der Waals surface area (Å²) < 4.78 is 50.8. The summed E-state index contributed by atoms with van der Waals surface area (Å²) in [7, 11) is 0. The number of allylic oxidation sites excluding steroid dienone is 1. The van der Waals surface area contributed by atoms with Crippen molar-refractivity contribution in [2.24, 2.45) is 5.92 Å². The summed E-state index contributed by atoms with van der Waals surface area (Å²) in [5.41, 5.74) is 0.596. The highest BCUT2D eigenvalue weighted by Crippen LogP contribution is 2.39. The molecule has 0 atom stereocenters. The highest BCUT2D eigenvalue weighted by atomic mass is 35.5. The molecule has 23 heavy (non-hydrogen) atoms. The largest absolute Gasteiger partial charge is 0.409 e. The van der Waals surface area contributed by atoms with Crippen LogP contribution in [0.1, 0.15) is 62.5 Å². The van der Waals surface area contributed by atoms with Crippen LogP contribution in [-0.2, 0) is 0 Å². The fourth-order valence-corrected chi connectivity index (χ4v) is 3.65. The van der Waals surface area contributed by atoms with Crippen LogP contribution in [0.2, 0.25) is 5.02 Å². The van der Waals surface area contributed by atoms with Crippen LogP contribution in [0.3, 0.4) is 0 Å². The molecule has 0 aromatic heterocycles. The first-order valence-electron chi connectivity index (χ1n) is 8.05. The van der Waals surface area contributed by atoms with Crippen LogP contribution in [0, 0.1) is 11.7 Å². The third-order valence-corrected chi connectivity index (χ3v) is 4.87. The van der Waals surface area contributed by atoms with Gasteiger partial charge in [0.05, 0.1) is 5.02 Å². The molecule has 1 aromatic rings. The first-order chi connectivity index (χ1) is 10.8. The lowest BCUT2D eigenvalue weighted by Gasteiger charge is -2.29. The lowest BCUT2D eigenvalue weighted by molar-refractivity contribution is -0.0790. The number of hydrogen-bond acceptors (Lipinski definition) is 0. The van der Waals surface area contributed by atoms with E-state index < -0.39 is 12.0 Å². The zero-order chi connectivity index (χ0) is 17.0. The highest BCUT2D eigenvalue weighted by molar-refractivity contribution is 6.32. The normalized spacial score (nSPS) is 22.7. The Bertz CT molecular complexity index is 532. The number of halogens is 5. The van der Waals surface area contributed by atoms with Gasteiger partial charge in [-0.05, 0) is 61.3 Å². The molecule has 0 amide bonds. The minimum atomic E-state index is -4.48. The van der Waals surface area contributed by atoms with Crippen molar-refractivity contribution in [1.82, 2.24) is 0 Å². The van der Waals surface area contributed by atoms with Crippen molar-refractivity contribution in [1.29, 1.82) is 0 Å². The van der Waals surface area contributed by atoms with Crippen LogP contribution in [0.15, 0.2) is 18.2 Å². The lowest BCUT2D eigenvalue weighted by atomic mass is 9.77. The molecule has 0 bridgehead atoms. The van der Waals surface area contributed by atoms with Crippen LogP contribution in [0.5, 0.6) is 0 Å². The van der Waals surface area contributed by atoms with Crippen LogP contribution >= 0.6 is 11.6 Å². The topological polar surface area (TPSA) is 0 Å². The van der Waals surface area contributed by atoms with E-state index in [9.17, 15) is 17.6 Å². The Kier molecular flexibility index (Phi) is 6.12. The van der Waals surface area contributed by atoms with Gasteiger partial charge in [-0.15, -0.1) is 0 Å². The van der Waals surface area contributed by atoms with Gasteiger partial charge in [0.15, 0.2) is 0 Å². The molecule has 0 radical (unpaired) electrons. The van der Waals surface area contributed by atoms with Crippen LogP contribution < -0.4 is 0 Å². The Morgan fingerprint density at radius 1 is 1.17 bits per heavy atom. The van der Waals surface area contributed by atoms with Gasteiger partial charge in [-0.2, -0.15) is 13.2 Å². The third kappa shape index (κ3) is 5.23. The average Bonchev–Trinajstić information content (AvgIpc) is 2.46. The molecule has 1 aliphatic rings. The molecule has 0 heterocycles. The molecule has 1 aliphatic carbocycles. The standard InChI is InChI=1S/C18H21ClF4/c1-2-3-12-4-6-13(7-5-12)14-10-16(19)15(17(20)11-14)8-9-18(21,22)23/h8-13H,2-7H2,1H3. The monoisotopic (exact) mass is 348 g/mol. The quantitative estimate of drug-likeness (QED) is 0.508.